The van der Waals surface area contributed by atoms with Gasteiger partial charge in [-0.3, -0.25) is 0 Å². The van der Waals surface area contributed by atoms with Crippen LogP contribution in [0.4, 0.5) is 0 Å². The fraction of sp³-hybridized carbons (Fsp3) is 0.667. The average molecular weight is 224 g/mol. The molecular formula is C12H20N2S. The third-order valence-electron chi connectivity index (χ3n) is 3.38. The van der Waals surface area contributed by atoms with Crippen molar-refractivity contribution in [2.24, 2.45) is 17.1 Å². The van der Waals surface area contributed by atoms with Crippen LogP contribution in [-0.2, 0) is 0 Å². The Morgan fingerprint density at radius 1 is 1.67 bits per heavy atom. The van der Waals surface area contributed by atoms with Gasteiger partial charge in [0.05, 0.1) is 6.04 Å². The first-order valence-electron chi connectivity index (χ1n) is 5.59. The van der Waals surface area contributed by atoms with Crippen LogP contribution in [0.3, 0.4) is 0 Å². The number of hydrogen-bond donors (Lipinski definition) is 2. The second kappa shape index (κ2) is 4.24. The molecule has 1 aliphatic carbocycles. The number of thiophene rings is 1. The van der Waals surface area contributed by atoms with E-state index in [0.29, 0.717) is 5.41 Å². The van der Waals surface area contributed by atoms with Gasteiger partial charge in [0, 0.05) is 11.4 Å². The maximum absolute atomic E-state index is 6.06. The van der Waals surface area contributed by atoms with Crippen LogP contribution < -0.4 is 11.1 Å². The van der Waals surface area contributed by atoms with Crippen LogP contribution in [0, 0.1) is 11.3 Å². The maximum Gasteiger partial charge on any atom is 0.0516 e. The summed E-state index contributed by atoms with van der Waals surface area (Å²) in [6.45, 7) is 6.68. The summed E-state index contributed by atoms with van der Waals surface area (Å²) in [6, 6.07) is 4.33. The first-order chi connectivity index (χ1) is 7.09. The van der Waals surface area contributed by atoms with E-state index >= 15 is 0 Å². The first kappa shape index (κ1) is 11.1. The van der Waals surface area contributed by atoms with Crippen LogP contribution in [0.15, 0.2) is 17.5 Å². The second-order valence-electron chi connectivity index (χ2n) is 5.17. The Hall–Kier alpha value is -0.380. The molecule has 0 radical (unpaired) electrons. The van der Waals surface area contributed by atoms with Crippen molar-refractivity contribution in [2.45, 2.75) is 26.3 Å². The highest BCUT2D eigenvalue weighted by Gasteiger charge is 2.44. The van der Waals surface area contributed by atoms with Gasteiger partial charge in [-0.05, 0) is 35.7 Å². The zero-order chi connectivity index (χ0) is 10.9. The molecule has 0 aromatic carbocycles. The number of rotatable bonds is 5. The van der Waals surface area contributed by atoms with Gasteiger partial charge in [-0.1, -0.05) is 19.9 Å². The zero-order valence-corrected chi connectivity index (χ0v) is 10.3. The van der Waals surface area contributed by atoms with Crippen molar-refractivity contribution < 1.29 is 0 Å². The summed E-state index contributed by atoms with van der Waals surface area (Å²) in [5.74, 6) is 0.855. The molecule has 1 saturated carbocycles. The average Bonchev–Trinajstić information content (AvgIpc) is 2.68. The molecule has 84 valence electrons. The van der Waals surface area contributed by atoms with Crippen molar-refractivity contribution in [2.75, 3.05) is 13.1 Å². The summed E-state index contributed by atoms with van der Waals surface area (Å²) in [5, 5.41) is 5.56. The summed E-state index contributed by atoms with van der Waals surface area (Å²) in [6.07, 6.45) is 1.36. The van der Waals surface area contributed by atoms with Gasteiger partial charge >= 0.3 is 0 Å². The fourth-order valence-electron chi connectivity index (χ4n) is 1.94. The summed E-state index contributed by atoms with van der Waals surface area (Å²) < 4.78 is 0. The highest BCUT2D eigenvalue weighted by atomic mass is 32.1. The summed E-state index contributed by atoms with van der Waals surface area (Å²) >= 11 is 1.74. The Bertz CT molecular complexity index is 305. The maximum atomic E-state index is 6.06. The smallest absolute Gasteiger partial charge is 0.0516 e. The molecule has 3 heteroatoms. The van der Waals surface area contributed by atoms with Crippen molar-refractivity contribution >= 4 is 11.3 Å². The zero-order valence-electron chi connectivity index (χ0n) is 9.49. The second-order valence-corrected chi connectivity index (χ2v) is 6.15. The predicted molar refractivity (Wildman–Crippen MR) is 66.0 cm³/mol. The minimum Gasteiger partial charge on any atom is -0.322 e. The largest absolute Gasteiger partial charge is 0.322 e. The van der Waals surface area contributed by atoms with Gasteiger partial charge in [-0.15, -0.1) is 11.3 Å². The molecule has 1 aliphatic rings. The lowest BCUT2D eigenvalue weighted by molar-refractivity contribution is 0.505. The summed E-state index contributed by atoms with van der Waals surface area (Å²) in [4.78, 5) is 1.28. The van der Waals surface area contributed by atoms with E-state index in [4.69, 9.17) is 5.73 Å². The molecule has 0 aliphatic heterocycles. The topological polar surface area (TPSA) is 38.0 Å². The van der Waals surface area contributed by atoms with Crippen LogP contribution in [0.2, 0.25) is 0 Å². The lowest BCUT2D eigenvalue weighted by atomic mass is 10.1. The Labute approximate surface area is 95.9 Å². The first-order valence-corrected chi connectivity index (χ1v) is 6.47. The lowest BCUT2D eigenvalue weighted by Crippen LogP contribution is -2.28. The van der Waals surface area contributed by atoms with Crippen LogP contribution in [-0.4, -0.2) is 13.1 Å². The van der Waals surface area contributed by atoms with Crippen molar-refractivity contribution in [3.05, 3.63) is 22.4 Å². The molecule has 1 heterocycles. The van der Waals surface area contributed by atoms with E-state index in [1.54, 1.807) is 11.3 Å². The Balaban J connectivity index is 1.66. The molecule has 2 rings (SSSR count). The van der Waals surface area contributed by atoms with Crippen LogP contribution in [0.5, 0.6) is 0 Å². The molecule has 0 spiro atoms. The van der Waals surface area contributed by atoms with Crippen LogP contribution in [0.25, 0.3) is 0 Å². The standard InChI is InChI=1S/C12H20N2S/c1-12(2)6-9(12)7-14-8-10(13)11-4-3-5-15-11/h3-5,9-10,14H,6-8,13H2,1-2H3. The summed E-state index contributed by atoms with van der Waals surface area (Å²) in [7, 11) is 0. The summed E-state index contributed by atoms with van der Waals surface area (Å²) in [5.41, 5.74) is 6.63. The van der Waals surface area contributed by atoms with Gasteiger partial charge in [0.2, 0.25) is 0 Å². The minimum absolute atomic E-state index is 0.159. The Morgan fingerprint density at radius 2 is 2.40 bits per heavy atom. The molecule has 0 amide bonds. The van der Waals surface area contributed by atoms with Gasteiger partial charge in [0.15, 0.2) is 0 Å². The van der Waals surface area contributed by atoms with Crippen LogP contribution >= 0.6 is 11.3 Å². The third-order valence-corrected chi connectivity index (χ3v) is 4.39. The van der Waals surface area contributed by atoms with Gasteiger partial charge in [0.1, 0.15) is 0 Å². The van der Waals surface area contributed by atoms with E-state index in [-0.39, 0.29) is 6.04 Å². The van der Waals surface area contributed by atoms with E-state index in [0.717, 1.165) is 19.0 Å². The minimum atomic E-state index is 0.159. The van der Waals surface area contributed by atoms with E-state index in [1.807, 2.05) is 0 Å². The van der Waals surface area contributed by atoms with Crippen molar-refractivity contribution in [1.82, 2.24) is 5.32 Å². The molecule has 2 atom stereocenters. The fourth-order valence-corrected chi connectivity index (χ4v) is 2.67. The molecule has 0 bridgehead atoms. The number of nitrogens with two attached hydrogens (primary N) is 1. The molecule has 1 fully saturated rings. The molecule has 1 aromatic rings. The van der Waals surface area contributed by atoms with Crippen molar-refractivity contribution in [3.8, 4) is 0 Å². The highest BCUT2D eigenvalue weighted by Crippen LogP contribution is 2.50. The monoisotopic (exact) mass is 224 g/mol. The van der Waals surface area contributed by atoms with E-state index in [1.165, 1.54) is 11.3 Å². The van der Waals surface area contributed by atoms with Gasteiger partial charge in [-0.2, -0.15) is 0 Å². The van der Waals surface area contributed by atoms with Crippen LogP contribution in [0.1, 0.15) is 31.2 Å². The predicted octanol–water partition coefficient (Wildman–Crippen LogP) is 2.38. The molecule has 0 saturated heterocycles. The van der Waals surface area contributed by atoms with Crippen molar-refractivity contribution in [1.29, 1.82) is 0 Å². The molecule has 1 aromatic heterocycles. The molecule has 15 heavy (non-hydrogen) atoms. The SMILES string of the molecule is CC1(C)CC1CNCC(N)c1cccs1. The van der Waals surface area contributed by atoms with Gasteiger partial charge < -0.3 is 11.1 Å². The van der Waals surface area contributed by atoms with E-state index in [9.17, 15) is 0 Å². The highest BCUT2D eigenvalue weighted by molar-refractivity contribution is 7.10. The number of hydrogen-bond acceptors (Lipinski definition) is 3. The van der Waals surface area contributed by atoms with E-state index in [2.05, 4.69) is 36.7 Å². The lowest BCUT2D eigenvalue weighted by Gasteiger charge is -2.11. The quantitative estimate of drug-likeness (QED) is 0.806. The molecule has 2 unspecified atom stereocenters. The molecule has 2 nitrogen and oxygen atoms in total. The molecular weight excluding hydrogens is 204 g/mol. The molecule has 3 N–H and O–H groups in total. The normalized spacial score (nSPS) is 25.1. The third kappa shape index (κ3) is 2.80. The van der Waals surface area contributed by atoms with Gasteiger partial charge in [-0.25, -0.2) is 0 Å². The Kier molecular flexibility index (Phi) is 3.14. The number of nitrogens with one attached hydrogen (secondary N) is 1. The van der Waals surface area contributed by atoms with Crippen molar-refractivity contribution in [3.63, 3.8) is 0 Å². The van der Waals surface area contributed by atoms with Gasteiger partial charge in [0.25, 0.3) is 0 Å². The van der Waals surface area contributed by atoms with E-state index < -0.39 is 0 Å². The Morgan fingerprint density at radius 3 is 2.93 bits per heavy atom.